The predicted octanol–water partition coefficient (Wildman–Crippen LogP) is 4.06. The molecule has 1 amide bonds. The molecule has 2 atom stereocenters. The van der Waals surface area contributed by atoms with Crippen LogP contribution in [-0.4, -0.2) is 35.8 Å². The maximum atomic E-state index is 14.5. The lowest BCUT2D eigenvalue weighted by molar-refractivity contribution is 0.0564. The minimum Gasteiger partial charge on any atom is -0.444 e. The van der Waals surface area contributed by atoms with E-state index in [1.54, 1.807) is 32.9 Å². The Hall–Kier alpha value is -1.12. The molecular weight excluding hydrogens is 411 g/mol. The van der Waals surface area contributed by atoms with Crippen LogP contribution in [0, 0.1) is 11.7 Å². The molecule has 2 unspecified atom stereocenters. The zero-order valence-electron chi connectivity index (χ0n) is 14.3. The summed E-state index contributed by atoms with van der Waals surface area (Å²) in [6.07, 6.45) is -0.569. The normalized spacial score (nSPS) is 26.0. The van der Waals surface area contributed by atoms with Gasteiger partial charge in [0.2, 0.25) is 0 Å². The highest BCUT2D eigenvalue weighted by molar-refractivity contribution is 9.10. The Labute approximate surface area is 158 Å². The van der Waals surface area contributed by atoms with E-state index in [-0.39, 0.29) is 18.3 Å². The van der Waals surface area contributed by atoms with Crippen LogP contribution in [0.2, 0.25) is 0 Å². The van der Waals surface area contributed by atoms with Crippen LogP contribution < -0.4 is 5.32 Å². The molecule has 0 aromatic heterocycles. The van der Waals surface area contributed by atoms with Crippen molar-refractivity contribution in [2.45, 2.75) is 31.9 Å². The van der Waals surface area contributed by atoms with Crippen molar-refractivity contribution in [1.82, 2.24) is 5.32 Å². The van der Waals surface area contributed by atoms with Crippen molar-refractivity contribution in [3.05, 3.63) is 34.1 Å². The van der Waals surface area contributed by atoms with Crippen molar-refractivity contribution in [3.8, 4) is 0 Å². The number of rotatable bonds is 1. The quantitative estimate of drug-likeness (QED) is 0.729. The van der Waals surface area contributed by atoms with Gasteiger partial charge in [0.25, 0.3) is 0 Å². The molecule has 2 heterocycles. The second kappa shape index (κ2) is 6.89. The average molecular weight is 431 g/mol. The van der Waals surface area contributed by atoms with Crippen LogP contribution in [-0.2, 0) is 15.0 Å². The van der Waals surface area contributed by atoms with Crippen LogP contribution in [0.4, 0.5) is 9.18 Å². The largest absolute Gasteiger partial charge is 0.444 e. The van der Waals surface area contributed by atoms with Crippen molar-refractivity contribution in [1.29, 1.82) is 0 Å². The molecule has 0 saturated carbocycles. The highest BCUT2D eigenvalue weighted by Crippen LogP contribution is 2.45. The topological polar surface area (TPSA) is 59.9 Å². The third kappa shape index (κ3) is 4.01. The van der Waals surface area contributed by atoms with E-state index in [1.807, 2.05) is 0 Å². The zero-order chi connectivity index (χ0) is 18.2. The van der Waals surface area contributed by atoms with Crippen LogP contribution >= 0.6 is 27.7 Å². The van der Waals surface area contributed by atoms with Gasteiger partial charge in [0.05, 0.1) is 13.2 Å². The predicted molar refractivity (Wildman–Crippen MR) is 99.3 cm³/mol. The summed E-state index contributed by atoms with van der Waals surface area (Å²) in [5.74, 6) is 0.400. The summed E-state index contributed by atoms with van der Waals surface area (Å²) < 4.78 is 26.2. The molecule has 3 rings (SSSR count). The number of carbonyl (C=O) groups excluding carboxylic acids is 1. The Kier molecular flexibility index (Phi) is 5.14. The van der Waals surface area contributed by atoms with Crippen molar-refractivity contribution in [2.24, 2.45) is 10.9 Å². The summed E-state index contributed by atoms with van der Waals surface area (Å²) in [6.45, 7) is 6.18. The summed E-state index contributed by atoms with van der Waals surface area (Å²) in [5.41, 5.74) is -0.950. The number of nitrogens with one attached hydrogen (secondary N) is 1. The van der Waals surface area contributed by atoms with Gasteiger partial charge in [-0.15, -0.1) is 0 Å². The lowest BCUT2D eigenvalue weighted by Crippen LogP contribution is -2.43. The van der Waals surface area contributed by atoms with Gasteiger partial charge in [-0.2, -0.15) is 0 Å². The van der Waals surface area contributed by atoms with E-state index in [9.17, 15) is 9.18 Å². The van der Waals surface area contributed by atoms with Crippen LogP contribution in [0.5, 0.6) is 0 Å². The highest BCUT2D eigenvalue weighted by Gasteiger charge is 2.49. The fraction of sp³-hybridized carbons (Fsp3) is 0.529. The molecule has 5 nitrogen and oxygen atoms in total. The summed E-state index contributed by atoms with van der Waals surface area (Å²) in [4.78, 5) is 16.7. The molecule has 136 valence electrons. The molecule has 2 aliphatic rings. The first-order valence-corrected chi connectivity index (χ1v) is 9.73. The molecule has 8 heteroatoms. The summed E-state index contributed by atoms with van der Waals surface area (Å²) in [6, 6.07) is 4.81. The molecule has 0 spiro atoms. The first-order valence-electron chi connectivity index (χ1n) is 7.95. The Morgan fingerprint density at radius 2 is 2.28 bits per heavy atom. The first kappa shape index (κ1) is 18.7. The van der Waals surface area contributed by atoms with E-state index in [1.165, 1.54) is 17.8 Å². The van der Waals surface area contributed by atoms with Gasteiger partial charge in [-0.25, -0.2) is 14.2 Å². The van der Waals surface area contributed by atoms with Crippen LogP contribution in [0.25, 0.3) is 0 Å². The average Bonchev–Trinajstić information content (AvgIpc) is 2.91. The van der Waals surface area contributed by atoms with Crippen LogP contribution in [0.1, 0.15) is 26.3 Å². The standard InChI is InChI=1S/C17H20BrFN2O3S/c1-16(2,3)24-15(22)20-14-21-17(9-23-7-10(17)8-25-14)12-6-11(18)4-5-13(12)19/h4-6,10H,7-9H2,1-3H3,(H,20,21,22). The van der Waals surface area contributed by atoms with E-state index >= 15 is 0 Å². The number of hydrogen-bond donors (Lipinski definition) is 1. The SMILES string of the molecule is CC(C)(C)OC(=O)NC1=NC2(c3cc(Br)ccc3F)COCC2CS1. The molecule has 0 bridgehead atoms. The van der Waals surface area contributed by atoms with Crippen molar-refractivity contribution < 1.29 is 18.7 Å². The fourth-order valence-corrected chi connectivity index (χ4v) is 4.43. The third-order valence-electron chi connectivity index (χ3n) is 4.04. The third-order valence-corrected chi connectivity index (χ3v) is 5.57. The second-order valence-corrected chi connectivity index (χ2v) is 9.04. The molecule has 0 radical (unpaired) electrons. The maximum absolute atomic E-state index is 14.5. The summed E-state index contributed by atoms with van der Waals surface area (Å²) in [5, 5.41) is 3.11. The van der Waals surface area contributed by atoms with Gasteiger partial charge in [-0.1, -0.05) is 27.7 Å². The van der Waals surface area contributed by atoms with Gasteiger partial charge in [0.15, 0.2) is 5.17 Å². The van der Waals surface area contributed by atoms with Gasteiger partial charge >= 0.3 is 6.09 Å². The number of fused-ring (bicyclic) bond motifs is 1. The van der Waals surface area contributed by atoms with E-state index in [2.05, 4.69) is 21.2 Å². The molecule has 1 fully saturated rings. The number of amides is 1. The van der Waals surface area contributed by atoms with Gasteiger partial charge in [0.1, 0.15) is 17.0 Å². The number of amidine groups is 1. The molecule has 1 aromatic carbocycles. The zero-order valence-corrected chi connectivity index (χ0v) is 16.7. The number of alkyl carbamates (subject to hydrolysis) is 1. The number of halogens is 2. The maximum Gasteiger partial charge on any atom is 0.413 e. The Morgan fingerprint density at radius 3 is 3.00 bits per heavy atom. The molecule has 1 N–H and O–H groups in total. The van der Waals surface area contributed by atoms with Crippen LogP contribution in [0.15, 0.2) is 27.7 Å². The number of ether oxygens (including phenoxy) is 2. The summed E-state index contributed by atoms with van der Waals surface area (Å²) in [7, 11) is 0. The first-order chi connectivity index (χ1) is 11.7. The molecule has 1 aromatic rings. The van der Waals surface area contributed by atoms with E-state index in [0.29, 0.717) is 23.1 Å². The number of carbonyl (C=O) groups is 1. The smallest absolute Gasteiger partial charge is 0.413 e. The van der Waals surface area contributed by atoms with E-state index in [4.69, 9.17) is 14.5 Å². The van der Waals surface area contributed by atoms with Crippen molar-refractivity contribution >= 4 is 39.0 Å². The molecular formula is C17H20BrFN2O3S. The monoisotopic (exact) mass is 430 g/mol. The van der Waals surface area contributed by atoms with Crippen LogP contribution in [0.3, 0.4) is 0 Å². The second-order valence-electron chi connectivity index (χ2n) is 7.12. The van der Waals surface area contributed by atoms with Gasteiger partial charge in [-0.05, 0) is 39.0 Å². The number of hydrogen-bond acceptors (Lipinski definition) is 5. The van der Waals surface area contributed by atoms with Gasteiger partial charge < -0.3 is 9.47 Å². The van der Waals surface area contributed by atoms with E-state index in [0.717, 1.165) is 4.47 Å². The molecule has 1 saturated heterocycles. The lowest BCUT2D eigenvalue weighted by Gasteiger charge is -2.35. The number of benzene rings is 1. The molecule has 2 aliphatic heterocycles. The Morgan fingerprint density at radius 1 is 1.52 bits per heavy atom. The Bertz CT molecular complexity index is 722. The summed E-state index contributed by atoms with van der Waals surface area (Å²) >= 11 is 4.82. The fourth-order valence-electron chi connectivity index (χ4n) is 2.96. The van der Waals surface area contributed by atoms with Gasteiger partial charge in [0, 0.05) is 21.7 Å². The number of thioether (sulfide) groups is 1. The lowest BCUT2D eigenvalue weighted by atomic mass is 9.81. The number of nitrogens with zero attached hydrogens (tertiary/aromatic N) is 1. The minimum atomic E-state index is -0.830. The van der Waals surface area contributed by atoms with Crippen molar-refractivity contribution in [2.75, 3.05) is 19.0 Å². The Balaban J connectivity index is 1.93. The van der Waals surface area contributed by atoms with E-state index < -0.39 is 17.2 Å². The molecule has 25 heavy (non-hydrogen) atoms. The van der Waals surface area contributed by atoms with Gasteiger partial charge in [-0.3, -0.25) is 5.32 Å². The van der Waals surface area contributed by atoms with Crippen molar-refractivity contribution in [3.63, 3.8) is 0 Å². The number of aliphatic imine (C=N–C) groups is 1. The minimum absolute atomic E-state index is 0.0467. The molecule has 0 aliphatic carbocycles. The highest BCUT2D eigenvalue weighted by atomic mass is 79.9.